The van der Waals surface area contributed by atoms with Crippen LogP contribution in [0.15, 0.2) is 0 Å². The van der Waals surface area contributed by atoms with Gasteiger partial charge in [0, 0.05) is 19.6 Å². The normalized spacial score (nSPS) is 11.8. The molecule has 0 aromatic carbocycles. The molecule has 0 bridgehead atoms. The highest BCUT2D eigenvalue weighted by molar-refractivity contribution is 4.62. The fourth-order valence-corrected chi connectivity index (χ4v) is 4.32. The van der Waals surface area contributed by atoms with Crippen LogP contribution in [0.1, 0.15) is 110 Å². The van der Waals surface area contributed by atoms with Crippen molar-refractivity contribution in [2.24, 2.45) is 0 Å². The predicted octanol–water partition coefficient (Wildman–Crippen LogP) is 4.83. The van der Waals surface area contributed by atoms with Crippen LogP contribution in [-0.4, -0.2) is 84.2 Å². The molecule has 0 aliphatic rings. The van der Waals surface area contributed by atoms with Gasteiger partial charge in [0.2, 0.25) is 0 Å². The van der Waals surface area contributed by atoms with Gasteiger partial charge in [-0.15, -0.1) is 0 Å². The van der Waals surface area contributed by atoms with Crippen molar-refractivity contribution in [1.29, 1.82) is 0 Å². The summed E-state index contributed by atoms with van der Waals surface area (Å²) in [4.78, 5) is 4.46. The van der Waals surface area contributed by atoms with Gasteiger partial charge in [0.25, 0.3) is 0 Å². The van der Waals surface area contributed by atoms with E-state index in [1.807, 2.05) is 0 Å². The highest BCUT2D eigenvalue weighted by atomic mass is 16.3. The Balaban J connectivity index is 3.52. The second kappa shape index (κ2) is 26.1. The van der Waals surface area contributed by atoms with Crippen molar-refractivity contribution >= 4 is 0 Å². The maximum absolute atomic E-state index is 9.32. The van der Waals surface area contributed by atoms with Crippen LogP contribution in [0.2, 0.25) is 0 Å². The molecule has 0 amide bonds. The predicted molar refractivity (Wildman–Crippen MR) is 134 cm³/mol. The maximum Gasteiger partial charge on any atom is 0.0558 e. The van der Waals surface area contributed by atoms with Gasteiger partial charge in [0.05, 0.1) is 19.8 Å². The summed E-state index contributed by atoms with van der Waals surface area (Å²) in [5.74, 6) is 0. The van der Waals surface area contributed by atoms with E-state index >= 15 is 0 Å². The van der Waals surface area contributed by atoms with Crippen molar-refractivity contribution in [3.63, 3.8) is 0 Å². The quantitative estimate of drug-likeness (QED) is 0.167. The van der Waals surface area contributed by atoms with E-state index in [2.05, 4.69) is 16.7 Å². The standard InChI is InChI=1S/C26H56N2O3/c1-2-3-4-5-6-7-8-9-10-11-12-13-14-15-16-18-27(21-24-29)19-17-20-28(22-25-30)23-26-31/h29-31H,2-26H2,1H3. The lowest BCUT2D eigenvalue weighted by molar-refractivity contribution is 0.147. The first kappa shape index (κ1) is 30.8. The van der Waals surface area contributed by atoms with Gasteiger partial charge in [-0.25, -0.2) is 0 Å². The second-order valence-electron chi connectivity index (χ2n) is 9.16. The lowest BCUT2D eigenvalue weighted by Crippen LogP contribution is -2.35. The fourth-order valence-electron chi connectivity index (χ4n) is 4.32. The Kier molecular flexibility index (Phi) is 25.9. The van der Waals surface area contributed by atoms with Gasteiger partial charge in [-0.1, -0.05) is 96.8 Å². The first-order chi connectivity index (χ1) is 15.3. The number of hydrogen-bond donors (Lipinski definition) is 3. The Hall–Kier alpha value is -0.200. The highest BCUT2D eigenvalue weighted by Gasteiger charge is 2.07. The zero-order chi connectivity index (χ0) is 22.8. The smallest absolute Gasteiger partial charge is 0.0558 e. The van der Waals surface area contributed by atoms with Crippen LogP contribution in [0.5, 0.6) is 0 Å². The zero-order valence-electron chi connectivity index (χ0n) is 20.9. The molecule has 0 aromatic rings. The van der Waals surface area contributed by atoms with Crippen LogP contribution < -0.4 is 0 Å². The van der Waals surface area contributed by atoms with E-state index in [0.717, 1.165) is 32.6 Å². The Morgan fingerprint density at radius 3 is 1.00 bits per heavy atom. The summed E-state index contributed by atoms with van der Waals surface area (Å²) >= 11 is 0. The molecule has 0 unspecified atom stereocenters. The molecule has 0 atom stereocenters. The highest BCUT2D eigenvalue weighted by Crippen LogP contribution is 2.13. The minimum atomic E-state index is 0.138. The first-order valence-electron chi connectivity index (χ1n) is 13.6. The summed E-state index contributed by atoms with van der Waals surface area (Å²) in [6, 6.07) is 0. The topological polar surface area (TPSA) is 67.2 Å². The minimum absolute atomic E-state index is 0.138. The molecule has 0 aromatic heterocycles. The molecule has 0 rings (SSSR count). The Morgan fingerprint density at radius 1 is 0.355 bits per heavy atom. The monoisotopic (exact) mass is 444 g/mol. The number of hydrogen-bond acceptors (Lipinski definition) is 5. The van der Waals surface area contributed by atoms with Crippen LogP contribution in [0.4, 0.5) is 0 Å². The second-order valence-corrected chi connectivity index (χ2v) is 9.16. The molecule has 3 N–H and O–H groups in total. The van der Waals surface area contributed by atoms with Crippen molar-refractivity contribution < 1.29 is 15.3 Å². The van der Waals surface area contributed by atoms with Crippen LogP contribution >= 0.6 is 0 Å². The third kappa shape index (κ3) is 22.8. The SMILES string of the molecule is CCCCCCCCCCCCCCCCCN(CCO)CCCN(CCO)CCO. The molecule has 0 heterocycles. The summed E-state index contributed by atoms with van der Waals surface area (Å²) in [6.45, 7) is 7.71. The summed E-state index contributed by atoms with van der Waals surface area (Å²) in [6.07, 6.45) is 21.8. The molecule has 0 fully saturated rings. The summed E-state index contributed by atoms with van der Waals surface area (Å²) in [7, 11) is 0. The first-order valence-corrected chi connectivity index (χ1v) is 13.6. The van der Waals surface area contributed by atoms with Crippen LogP contribution in [0.25, 0.3) is 0 Å². The molecule has 0 aliphatic carbocycles. The zero-order valence-corrected chi connectivity index (χ0v) is 20.9. The van der Waals surface area contributed by atoms with Gasteiger partial charge in [0.15, 0.2) is 0 Å². The summed E-state index contributed by atoms with van der Waals surface area (Å²) in [5, 5.41) is 27.5. The van der Waals surface area contributed by atoms with Gasteiger partial charge in [-0.2, -0.15) is 0 Å². The van der Waals surface area contributed by atoms with Crippen molar-refractivity contribution in [1.82, 2.24) is 9.80 Å². The van der Waals surface area contributed by atoms with Crippen LogP contribution in [-0.2, 0) is 0 Å². The number of rotatable bonds is 26. The molecule has 188 valence electrons. The van der Waals surface area contributed by atoms with Gasteiger partial charge in [0.1, 0.15) is 0 Å². The lowest BCUT2D eigenvalue weighted by atomic mass is 10.0. The van der Waals surface area contributed by atoms with Crippen LogP contribution in [0.3, 0.4) is 0 Å². The summed E-state index contributed by atoms with van der Waals surface area (Å²) in [5.41, 5.74) is 0. The fraction of sp³-hybridized carbons (Fsp3) is 1.00. The molecule has 0 radical (unpaired) electrons. The molecule has 0 spiro atoms. The minimum Gasteiger partial charge on any atom is -0.395 e. The third-order valence-electron chi connectivity index (χ3n) is 6.28. The van der Waals surface area contributed by atoms with E-state index in [9.17, 15) is 5.11 Å². The van der Waals surface area contributed by atoms with Gasteiger partial charge >= 0.3 is 0 Å². The number of aliphatic hydroxyl groups excluding tert-OH is 3. The van der Waals surface area contributed by atoms with E-state index in [1.54, 1.807) is 0 Å². The van der Waals surface area contributed by atoms with Crippen molar-refractivity contribution in [2.75, 3.05) is 59.1 Å². The van der Waals surface area contributed by atoms with E-state index < -0.39 is 0 Å². The van der Waals surface area contributed by atoms with E-state index in [0.29, 0.717) is 13.1 Å². The Morgan fingerprint density at radius 2 is 0.645 bits per heavy atom. The molecule has 0 aliphatic heterocycles. The van der Waals surface area contributed by atoms with E-state index in [1.165, 1.54) is 96.3 Å². The van der Waals surface area contributed by atoms with Gasteiger partial charge < -0.3 is 20.2 Å². The van der Waals surface area contributed by atoms with Crippen molar-refractivity contribution in [2.45, 2.75) is 110 Å². The largest absolute Gasteiger partial charge is 0.395 e. The Bertz CT molecular complexity index is 326. The van der Waals surface area contributed by atoms with Gasteiger partial charge in [-0.3, -0.25) is 4.90 Å². The molecule has 5 nitrogen and oxygen atoms in total. The lowest BCUT2D eigenvalue weighted by Gasteiger charge is -2.24. The maximum atomic E-state index is 9.32. The summed E-state index contributed by atoms with van der Waals surface area (Å²) < 4.78 is 0. The third-order valence-corrected chi connectivity index (χ3v) is 6.28. The average Bonchev–Trinajstić information content (AvgIpc) is 2.76. The number of unbranched alkanes of at least 4 members (excludes halogenated alkanes) is 14. The molecule has 5 heteroatoms. The van der Waals surface area contributed by atoms with Gasteiger partial charge in [-0.05, 0) is 32.5 Å². The average molecular weight is 445 g/mol. The van der Waals surface area contributed by atoms with Crippen molar-refractivity contribution in [3.8, 4) is 0 Å². The Labute approximate surface area is 194 Å². The van der Waals surface area contributed by atoms with E-state index in [4.69, 9.17) is 10.2 Å². The van der Waals surface area contributed by atoms with E-state index in [-0.39, 0.29) is 19.8 Å². The molecule has 0 saturated heterocycles. The molecule has 31 heavy (non-hydrogen) atoms. The molecular weight excluding hydrogens is 388 g/mol. The van der Waals surface area contributed by atoms with Crippen LogP contribution in [0, 0.1) is 0 Å². The molecular formula is C26H56N2O3. The molecule has 0 saturated carbocycles. The van der Waals surface area contributed by atoms with Crippen molar-refractivity contribution in [3.05, 3.63) is 0 Å². The number of aliphatic hydroxyl groups is 3. The number of nitrogens with zero attached hydrogens (tertiary/aromatic N) is 2.